The highest BCUT2D eigenvalue weighted by Crippen LogP contribution is 2.44. The molecule has 17 heteroatoms. The van der Waals surface area contributed by atoms with Crippen molar-refractivity contribution in [2.75, 3.05) is 16.0 Å². The monoisotopic (exact) mass is 1010 g/mol. The predicted octanol–water partition coefficient (Wildman–Crippen LogP) is 10.8. The molecular formula is C59H30N8O8S. The number of nitrogens with one attached hydrogen (secondary N) is 4. The molecule has 3 aliphatic carbocycles. The van der Waals surface area contributed by atoms with Crippen LogP contribution in [0.1, 0.15) is 90.0 Å². The zero-order valence-corrected chi connectivity index (χ0v) is 39.8. The zero-order chi connectivity index (χ0) is 51.5. The van der Waals surface area contributed by atoms with Gasteiger partial charge < -0.3 is 25.7 Å². The molecule has 0 fully saturated rings. The van der Waals surface area contributed by atoms with Crippen molar-refractivity contribution < 1.29 is 33.5 Å². The lowest BCUT2D eigenvalue weighted by atomic mass is 9.81. The number of hydrogen-bond acceptors (Lipinski definition) is 15. The van der Waals surface area contributed by atoms with Crippen molar-refractivity contribution in [1.82, 2.24) is 24.3 Å². The van der Waals surface area contributed by atoms with E-state index < -0.39 is 28.7 Å². The van der Waals surface area contributed by atoms with Crippen molar-refractivity contribution in [3.63, 3.8) is 0 Å². The number of pyridine rings is 1. The zero-order valence-electron chi connectivity index (χ0n) is 39.0. The quantitative estimate of drug-likeness (QED) is 0.104. The summed E-state index contributed by atoms with van der Waals surface area (Å²) in [6, 6.07) is 42.4. The van der Waals surface area contributed by atoms with Gasteiger partial charge >= 0.3 is 6.01 Å². The van der Waals surface area contributed by atoms with Crippen molar-refractivity contribution in [3.05, 3.63) is 229 Å². The molecule has 3 aliphatic rings. The first kappa shape index (κ1) is 44.1. The van der Waals surface area contributed by atoms with Crippen LogP contribution in [0.5, 0.6) is 11.8 Å². The van der Waals surface area contributed by atoms with Crippen LogP contribution in [0.4, 0.5) is 29.0 Å². The van der Waals surface area contributed by atoms with E-state index in [1.54, 1.807) is 115 Å². The maximum absolute atomic E-state index is 14.7. The topological polar surface area (TPSA) is 232 Å². The molecule has 0 bridgehead atoms. The number of carbonyl (C=O) groups is 6. The van der Waals surface area contributed by atoms with Gasteiger partial charge in [0.1, 0.15) is 5.75 Å². The molecule has 0 spiro atoms. The van der Waals surface area contributed by atoms with Gasteiger partial charge in [0.2, 0.25) is 11.9 Å². The number of aromatic amines is 1. The standard InChI is InChI=1S/C59H30N8O8S/c68-50-27-12-1-2-13-28(27)52(70)44-34(50)19-10-22-38(44)61-56(74)32-17-6-8-24-41(32)75-59-65-57(62-39-23-9-18-33-43(39)55(73)35-20-11-25-42-45(35)49(33)67-76-42)64-58(66-59)63-40-26-36-48(60-37-21-7-5-16-31(37)51(36)69)47-46(40)53(71)29-14-3-4-15-30(29)54(47)72/h1-26H,(H,60,69)(H,61,74)(H2,62,63,64,65,66). The number of carbonyl (C=O) groups excluding carboxylic acids is 6. The third-order valence-electron chi connectivity index (χ3n) is 13.8. The van der Waals surface area contributed by atoms with Crippen LogP contribution in [-0.4, -0.2) is 59.1 Å². The molecule has 0 atom stereocenters. The number of anilines is 5. The SMILES string of the molecule is O=C(Nc1cccc2c1C(=O)c1ccccc1C2=O)c1ccccc1Oc1nc(Nc2cccc3c2C(=O)c2cccc4snc-3c24)nc(Nc2cc3c(=O)c4ccccc4[nH]c3c3c2C(=O)c2ccccc2C3=O)n1. The van der Waals surface area contributed by atoms with Gasteiger partial charge in [0.25, 0.3) is 5.91 Å². The average Bonchev–Trinajstić information content (AvgIpc) is 4.00. The van der Waals surface area contributed by atoms with Gasteiger partial charge in [-0.15, -0.1) is 0 Å². The van der Waals surface area contributed by atoms with E-state index in [4.69, 9.17) is 14.1 Å². The number of hydrogen-bond donors (Lipinski definition) is 4. The molecule has 360 valence electrons. The molecular weight excluding hydrogens is 981 g/mol. The minimum absolute atomic E-state index is 0.0114. The fourth-order valence-corrected chi connectivity index (χ4v) is 11.2. The van der Waals surface area contributed by atoms with Gasteiger partial charge in [-0.25, -0.2) is 0 Å². The number of aromatic nitrogens is 5. The van der Waals surface area contributed by atoms with Crippen LogP contribution < -0.4 is 26.1 Å². The number of rotatable bonds is 8. The van der Waals surface area contributed by atoms with Crippen LogP contribution >= 0.6 is 11.5 Å². The molecule has 0 saturated heterocycles. The molecule has 8 aromatic carbocycles. The van der Waals surface area contributed by atoms with Gasteiger partial charge in [0.05, 0.1) is 60.8 Å². The number of fused-ring (bicyclic) bond motifs is 9. The van der Waals surface area contributed by atoms with E-state index in [1.165, 1.54) is 41.9 Å². The number of para-hydroxylation sites is 2. The summed E-state index contributed by atoms with van der Waals surface area (Å²) in [6.45, 7) is 0. The Bertz CT molecular complexity index is 4600. The number of nitrogens with zero attached hydrogens (tertiary/aromatic N) is 4. The van der Waals surface area contributed by atoms with Crippen molar-refractivity contribution in [2.45, 2.75) is 0 Å². The van der Waals surface area contributed by atoms with Crippen molar-refractivity contribution in [3.8, 4) is 23.0 Å². The van der Waals surface area contributed by atoms with Crippen molar-refractivity contribution >= 4 is 107 Å². The summed E-state index contributed by atoms with van der Waals surface area (Å²) < 4.78 is 12.0. The van der Waals surface area contributed by atoms with Crippen LogP contribution in [0.15, 0.2) is 163 Å². The highest BCUT2D eigenvalue weighted by molar-refractivity contribution is 7.13. The predicted molar refractivity (Wildman–Crippen MR) is 284 cm³/mol. The maximum atomic E-state index is 14.7. The molecule has 16 nitrogen and oxygen atoms in total. The lowest BCUT2D eigenvalue weighted by molar-refractivity contribution is 0.0978. The summed E-state index contributed by atoms with van der Waals surface area (Å²) in [4.78, 5) is 117. The minimum Gasteiger partial charge on any atom is -0.423 e. The first-order valence-electron chi connectivity index (χ1n) is 23.7. The Kier molecular flexibility index (Phi) is 9.69. The Morgan fingerprint density at radius 2 is 1.05 bits per heavy atom. The number of amides is 1. The molecule has 11 aromatic rings. The van der Waals surface area contributed by atoms with E-state index in [2.05, 4.69) is 30.9 Å². The molecule has 0 unspecified atom stereocenters. The van der Waals surface area contributed by atoms with E-state index in [0.717, 1.165) is 10.1 Å². The van der Waals surface area contributed by atoms with Crippen LogP contribution in [0.3, 0.4) is 0 Å². The summed E-state index contributed by atoms with van der Waals surface area (Å²) in [6.07, 6.45) is 0. The third-order valence-corrected chi connectivity index (χ3v) is 14.6. The average molecular weight is 1010 g/mol. The highest BCUT2D eigenvalue weighted by atomic mass is 32.1. The van der Waals surface area contributed by atoms with Crippen LogP contribution in [0.25, 0.3) is 43.1 Å². The second-order valence-corrected chi connectivity index (χ2v) is 18.9. The summed E-state index contributed by atoms with van der Waals surface area (Å²) in [7, 11) is 0. The van der Waals surface area contributed by atoms with Gasteiger partial charge in [-0.3, -0.25) is 33.6 Å². The Hall–Kier alpha value is -10.7. The Balaban J connectivity index is 0.896. The third kappa shape index (κ3) is 6.66. The van der Waals surface area contributed by atoms with Gasteiger partial charge in [-0.2, -0.15) is 19.3 Å². The number of ether oxygens (including phenoxy) is 1. The molecule has 0 radical (unpaired) electrons. The summed E-state index contributed by atoms with van der Waals surface area (Å²) in [5, 5.41) is 10.3. The first-order chi connectivity index (χ1) is 37.1. The highest BCUT2D eigenvalue weighted by Gasteiger charge is 2.36. The first-order valence-corrected chi connectivity index (χ1v) is 24.4. The van der Waals surface area contributed by atoms with E-state index in [9.17, 15) is 33.6 Å². The van der Waals surface area contributed by atoms with E-state index in [1.807, 2.05) is 12.1 Å². The molecule has 14 rings (SSSR count). The van der Waals surface area contributed by atoms with Crippen molar-refractivity contribution in [1.29, 1.82) is 0 Å². The molecule has 3 heterocycles. The second kappa shape index (κ2) is 16.7. The Morgan fingerprint density at radius 1 is 0.487 bits per heavy atom. The fraction of sp³-hybridized carbons (Fsp3) is 0. The molecule has 1 amide bonds. The summed E-state index contributed by atoms with van der Waals surface area (Å²) in [5.74, 6) is -3.20. The lowest BCUT2D eigenvalue weighted by Gasteiger charge is -2.22. The second-order valence-electron chi connectivity index (χ2n) is 18.1. The molecule has 0 aliphatic heterocycles. The number of benzene rings is 8. The summed E-state index contributed by atoms with van der Waals surface area (Å²) in [5.41, 5.74) is 3.53. The normalized spacial score (nSPS) is 13.0. The molecule has 76 heavy (non-hydrogen) atoms. The van der Waals surface area contributed by atoms with Gasteiger partial charge in [-0.05, 0) is 60.1 Å². The van der Waals surface area contributed by atoms with E-state index >= 15 is 0 Å². The minimum atomic E-state index is -0.705. The number of H-pyrrole nitrogens is 1. The van der Waals surface area contributed by atoms with Crippen LogP contribution in [0.2, 0.25) is 0 Å². The lowest BCUT2D eigenvalue weighted by Crippen LogP contribution is -2.24. The molecule has 0 saturated carbocycles. The van der Waals surface area contributed by atoms with Gasteiger partial charge in [0, 0.05) is 60.6 Å². The van der Waals surface area contributed by atoms with Crippen LogP contribution in [-0.2, 0) is 0 Å². The molecule has 3 aromatic heterocycles. The Morgan fingerprint density at radius 3 is 1.82 bits per heavy atom. The molecule has 4 N–H and O–H groups in total. The van der Waals surface area contributed by atoms with Gasteiger partial charge in [-0.1, -0.05) is 109 Å². The maximum Gasteiger partial charge on any atom is 0.328 e. The largest absolute Gasteiger partial charge is 0.423 e. The Labute approximate surface area is 431 Å². The van der Waals surface area contributed by atoms with Gasteiger partial charge in [0.15, 0.2) is 34.3 Å². The smallest absolute Gasteiger partial charge is 0.328 e. The fourth-order valence-electron chi connectivity index (χ4n) is 10.4. The van der Waals surface area contributed by atoms with E-state index in [0.29, 0.717) is 39.0 Å². The summed E-state index contributed by atoms with van der Waals surface area (Å²) >= 11 is 1.29. The number of ketones is 5. The van der Waals surface area contributed by atoms with E-state index in [-0.39, 0.29) is 108 Å². The van der Waals surface area contributed by atoms with Crippen LogP contribution in [0, 0.1) is 0 Å². The van der Waals surface area contributed by atoms with Crippen molar-refractivity contribution in [2.24, 2.45) is 0 Å².